The van der Waals surface area contributed by atoms with Gasteiger partial charge < -0.3 is 15.0 Å². The number of urea groups is 1. The minimum atomic E-state index is -0.0968. The van der Waals surface area contributed by atoms with Gasteiger partial charge in [0.1, 0.15) is 11.9 Å². The van der Waals surface area contributed by atoms with Gasteiger partial charge in [0.05, 0.1) is 18.3 Å². The molecule has 0 aliphatic carbocycles. The number of benzene rings is 2. The van der Waals surface area contributed by atoms with Crippen LogP contribution >= 0.6 is 11.6 Å². The van der Waals surface area contributed by atoms with Crippen LogP contribution in [-0.2, 0) is 4.79 Å². The number of hydrogen-bond donors (Lipinski definition) is 1. The molecule has 2 aliphatic heterocycles. The summed E-state index contributed by atoms with van der Waals surface area (Å²) in [4.78, 5) is 29.6. The summed E-state index contributed by atoms with van der Waals surface area (Å²) >= 11 is 6.16. The van der Waals surface area contributed by atoms with Crippen LogP contribution in [-0.4, -0.2) is 42.6 Å². The molecule has 0 spiro atoms. The summed E-state index contributed by atoms with van der Waals surface area (Å²) in [5, 5.41) is 3.68. The molecule has 6 nitrogen and oxygen atoms in total. The van der Waals surface area contributed by atoms with E-state index in [9.17, 15) is 9.59 Å². The maximum atomic E-state index is 13.3. The predicted octanol–water partition coefficient (Wildman–Crippen LogP) is 4.64. The second kappa shape index (κ2) is 9.18. The monoisotopic (exact) mass is 441 g/mol. The summed E-state index contributed by atoms with van der Waals surface area (Å²) in [5.74, 6) is 0.641. The number of nitrogens with zero attached hydrogens (tertiary/aromatic N) is 2. The van der Waals surface area contributed by atoms with Gasteiger partial charge in [0, 0.05) is 24.0 Å². The van der Waals surface area contributed by atoms with Gasteiger partial charge in [-0.1, -0.05) is 41.9 Å². The van der Waals surface area contributed by atoms with Crippen molar-refractivity contribution in [1.82, 2.24) is 10.2 Å². The van der Waals surface area contributed by atoms with E-state index in [-0.39, 0.29) is 30.0 Å². The number of amides is 3. The topological polar surface area (TPSA) is 61.9 Å². The Balaban J connectivity index is 1.36. The first kappa shape index (κ1) is 21.5. The molecule has 2 aromatic carbocycles. The summed E-state index contributed by atoms with van der Waals surface area (Å²) in [6.45, 7) is 5.52. The number of piperidine rings is 1. The zero-order valence-corrected chi connectivity index (χ0v) is 18.6. The Morgan fingerprint density at radius 3 is 2.55 bits per heavy atom. The van der Waals surface area contributed by atoms with Crippen LogP contribution in [0, 0.1) is 5.92 Å². The van der Waals surface area contributed by atoms with Crippen molar-refractivity contribution < 1.29 is 14.3 Å². The molecule has 2 aliphatic rings. The third-order valence-corrected chi connectivity index (χ3v) is 6.24. The molecule has 164 valence electrons. The third-order valence-electron chi connectivity index (χ3n) is 6.01. The molecule has 31 heavy (non-hydrogen) atoms. The van der Waals surface area contributed by atoms with E-state index in [1.807, 2.05) is 49.1 Å². The van der Waals surface area contributed by atoms with Gasteiger partial charge in [0.2, 0.25) is 5.91 Å². The van der Waals surface area contributed by atoms with E-state index in [0.29, 0.717) is 48.9 Å². The van der Waals surface area contributed by atoms with Crippen LogP contribution in [0.4, 0.5) is 10.5 Å². The molecule has 0 aromatic heterocycles. The zero-order chi connectivity index (χ0) is 22.0. The lowest BCUT2D eigenvalue weighted by molar-refractivity contribution is -0.126. The van der Waals surface area contributed by atoms with Crippen LogP contribution in [0.1, 0.15) is 38.3 Å². The van der Waals surface area contributed by atoms with Crippen LogP contribution in [0.15, 0.2) is 48.5 Å². The highest BCUT2D eigenvalue weighted by Crippen LogP contribution is 2.36. The molecule has 2 atom stereocenters. The van der Waals surface area contributed by atoms with Crippen molar-refractivity contribution in [3.05, 3.63) is 59.1 Å². The molecule has 3 amide bonds. The second-order valence-electron chi connectivity index (χ2n) is 8.34. The first-order valence-corrected chi connectivity index (χ1v) is 11.2. The Labute approximate surface area is 188 Å². The minimum Gasteiger partial charge on any atom is -0.487 e. The van der Waals surface area contributed by atoms with Crippen LogP contribution in [0.25, 0.3) is 0 Å². The molecule has 0 saturated carbocycles. The maximum absolute atomic E-state index is 13.3. The van der Waals surface area contributed by atoms with Gasteiger partial charge in [-0.3, -0.25) is 9.69 Å². The highest BCUT2D eigenvalue weighted by Gasteiger charge is 2.34. The maximum Gasteiger partial charge on any atom is 0.324 e. The molecule has 1 saturated heterocycles. The average Bonchev–Trinajstić information content (AvgIpc) is 2.79. The molecule has 0 unspecified atom stereocenters. The Hall–Kier alpha value is -2.73. The zero-order valence-electron chi connectivity index (χ0n) is 17.9. The SMILES string of the molecule is C[C@H](NC(=O)C1CCN(C(=O)N2C[C@H](C)Oc3ccc(Cl)cc32)CC1)c1ccccc1. The fraction of sp³-hybridized carbons (Fsp3) is 0.417. The normalized spacial score (nSPS) is 19.9. The van der Waals surface area contributed by atoms with Crippen LogP contribution in [0.2, 0.25) is 5.02 Å². The van der Waals surface area contributed by atoms with Gasteiger partial charge in [-0.15, -0.1) is 0 Å². The van der Waals surface area contributed by atoms with E-state index in [1.54, 1.807) is 23.1 Å². The van der Waals surface area contributed by atoms with Gasteiger partial charge in [-0.05, 0) is 50.5 Å². The van der Waals surface area contributed by atoms with E-state index in [4.69, 9.17) is 16.3 Å². The predicted molar refractivity (Wildman–Crippen MR) is 122 cm³/mol. The van der Waals surface area contributed by atoms with Gasteiger partial charge in [-0.2, -0.15) is 0 Å². The van der Waals surface area contributed by atoms with Gasteiger partial charge in [0.15, 0.2) is 0 Å². The smallest absolute Gasteiger partial charge is 0.324 e. The van der Waals surface area contributed by atoms with E-state index in [0.717, 1.165) is 5.56 Å². The number of nitrogens with one attached hydrogen (secondary N) is 1. The fourth-order valence-electron chi connectivity index (χ4n) is 4.25. The summed E-state index contributed by atoms with van der Waals surface area (Å²) in [6.07, 6.45) is 1.21. The van der Waals surface area contributed by atoms with E-state index >= 15 is 0 Å². The summed E-state index contributed by atoms with van der Waals surface area (Å²) in [7, 11) is 0. The van der Waals surface area contributed by atoms with Crippen molar-refractivity contribution in [2.75, 3.05) is 24.5 Å². The average molecular weight is 442 g/mol. The van der Waals surface area contributed by atoms with Crippen molar-refractivity contribution in [2.24, 2.45) is 5.92 Å². The Bertz CT molecular complexity index is 944. The summed E-state index contributed by atoms with van der Waals surface area (Å²) in [5.41, 5.74) is 1.79. The van der Waals surface area contributed by atoms with Crippen molar-refractivity contribution in [2.45, 2.75) is 38.8 Å². The van der Waals surface area contributed by atoms with Crippen molar-refractivity contribution in [3.8, 4) is 5.75 Å². The molecule has 4 rings (SSSR count). The van der Waals surface area contributed by atoms with E-state index in [2.05, 4.69) is 5.32 Å². The number of ether oxygens (including phenoxy) is 1. The second-order valence-corrected chi connectivity index (χ2v) is 8.77. The molecular weight excluding hydrogens is 414 g/mol. The van der Waals surface area contributed by atoms with Crippen molar-refractivity contribution in [3.63, 3.8) is 0 Å². The lowest BCUT2D eigenvalue weighted by atomic mass is 9.95. The highest BCUT2D eigenvalue weighted by atomic mass is 35.5. The van der Waals surface area contributed by atoms with E-state index in [1.165, 1.54) is 0 Å². The Morgan fingerprint density at radius 1 is 1.13 bits per heavy atom. The van der Waals surface area contributed by atoms with Crippen molar-refractivity contribution in [1.29, 1.82) is 0 Å². The van der Waals surface area contributed by atoms with Crippen molar-refractivity contribution >= 4 is 29.2 Å². The first-order chi connectivity index (χ1) is 14.9. The molecule has 7 heteroatoms. The standard InChI is InChI=1S/C24H28ClN3O3/c1-16-15-28(21-14-20(25)8-9-22(21)31-16)24(30)27-12-10-19(11-13-27)23(29)26-17(2)18-6-4-3-5-7-18/h3-9,14,16-17,19H,10-13,15H2,1-2H3,(H,26,29)/t16-,17-/m0/s1. The van der Waals surface area contributed by atoms with Gasteiger partial charge >= 0.3 is 6.03 Å². The molecular formula is C24H28ClN3O3. The number of hydrogen-bond acceptors (Lipinski definition) is 3. The summed E-state index contributed by atoms with van der Waals surface area (Å²) in [6, 6.07) is 15.2. The molecule has 1 N–H and O–H groups in total. The highest BCUT2D eigenvalue weighted by molar-refractivity contribution is 6.31. The number of anilines is 1. The summed E-state index contributed by atoms with van der Waals surface area (Å²) < 4.78 is 5.85. The Morgan fingerprint density at radius 2 is 1.84 bits per heavy atom. The quantitative estimate of drug-likeness (QED) is 0.754. The Kier molecular flexibility index (Phi) is 6.37. The van der Waals surface area contributed by atoms with Gasteiger partial charge in [-0.25, -0.2) is 4.79 Å². The molecule has 1 fully saturated rings. The largest absolute Gasteiger partial charge is 0.487 e. The minimum absolute atomic E-state index is 0.0375. The first-order valence-electron chi connectivity index (χ1n) is 10.8. The van der Waals surface area contributed by atoms with Crippen LogP contribution in [0.3, 0.4) is 0 Å². The molecule has 0 radical (unpaired) electrons. The van der Waals surface area contributed by atoms with Crippen LogP contribution in [0.5, 0.6) is 5.75 Å². The number of likely N-dealkylation sites (tertiary alicyclic amines) is 1. The third kappa shape index (κ3) is 4.79. The number of fused-ring (bicyclic) bond motifs is 1. The van der Waals surface area contributed by atoms with Crippen LogP contribution < -0.4 is 15.0 Å². The number of carbonyl (C=O) groups is 2. The fourth-order valence-corrected chi connectivity index (χ4v) is 4.42. The molecule has 2 heterocycles. The number of rotatable bonds is 3. The lowest BCUT2D eigenvalue weighted by Crippen LogP contribution is -2.52. The van der Waals surface area contributed by atoms with E-state index < -0.39 is 0 Å². The van der Waals surface area contributed by atoms with Gasteiger partial charge in [0.25, 0.3) is 0 Å². The molecule has 0 bridgehead atoms. The molecule has 2 aromatic rings. The lowest BCUT2D eigenvalue weighted by Gasteiger charge is -2.39. The number of carbonyl (C=O) groups excluding carboxylic acids is 2. The number of halogens is 1.